The van der Waals surface area contributed by atoms with Gasteiger partial charge in [0, 0.05) is 12.2 Å². The molecule has 1 aliphatic rings. The summed E-state index contributed by atoms with van der Waals surface area (Å²) in [5.74, 6) is 0.666. The monoisotopic (exact) mass is 246 g/mol. The maximum atomic E-state index is 12.2. The predicted octanol–water partition coefficient (Wildman–Crippen LogP) is 2.43. The van der Waals surface area contributed by atoms with Crippen molar-refractivity contribution in [1.82, 2.24) is 5.32 Å². The first-order valence-corrected chi connectivity index (χ1v) is 6.82. The first kappa shape index (κ1) is 13.1. The summed E-state index contributed by atoms with van der Waals surface area (Å²) >= 11 is 0. The lowest BCUT2D eigenvalue weighted by Crippen LogP contribution is -2.28. The van der Waals surface area contributed by atoms with Crippen molar-refractivity contribution in [2.75, 3.05) is 18.4 Å². The second-order valence-corrected chi connectivity index (χ2v) is 5.14. The summed E-state index contributed by atoms with van der Waals surface area (Å²) in [6.07, 6.45) is 2.10. The lowest BCUT2D eigenvalue weighted by atomic mass is 9.97. The standard InChI is InChI=1S/C15H22N2O/c1-3-6-12-7-4-5-8-14(12)17-15(18)13-10-16-9-11(13)2/h4-5,7-8,11,13,16H,3,6,9-10H2,1-2H3,(H,17,18)/t11-,13-/m1/s1. The van der Waals surface area contributed by atoms with Crippen LogP contribution in [-0.4, -0.2) is 19.0 Å². The third-order valence-electron chi connectivity index (χ3n) is 3.65. The molecule has 3 nitrogen and oxygen atoms in total. The quantitative estimate of drug-likeness (QED) is 0.856. The number of anilines is 1. The van der Waals surface area contributed by atoms with E-state index in [0.717, 1.165) is 31.6 Å². The molecule has 0 bridgehead atoms. The summed E-state index contributed by atoms with van der Waals surface area (Å²) in [4.78, 5) is 12.2. The van der Waals surface area contributed by atoms with Crippen LogP contribution >= 0.6 is 0 Å². The highest BCUT2D eigenvalue weighted by Gasteiger charge is 2.29. The third kappa shape index (κ3) is 2.91. The Bertz CT molecular complexity index is 417. The molecule has 2 rings (SSSR count). The first-order chi connectivity index (χ1) is 8.72. The second kappa shape index (κ2) is 6.01. The predicted molar refractivity (Wildman–Crippen MR) is 74.6 cm³/mol. The molecule has 18 heavy (non-hydrogen) atoms. The Kier molecular flexibility index (Phi) is 4.37. The van der Waals surface area contributed by atoms with Gasteiger partial charge in [-0.15, -0.1) is 0 Å². The molecule has 0 aromatic heterocycles. The SMILES string of the molecule is CCCc1ccccc1NC(=O)[C@@H]1CNC[C@H]1C. The molecular formula is C15H22N2O. The molecule has 1 aromatic rings. The Labute approximate surface area is 109 Å². The van der Waals surface area contributed by atoms with Gasteiger partial charge in [-0.2, -0.15) is 0 Å². The summed E-state index contributed by atoms with van der Waals surface area (Å²) in [5.41, 5.74) is 2.20. The van der Waals surface area contributed by atoms with Gasteiger partial charge in [-0.1, -0.05) is 38.5 Å². The molecule has 0 unspecified atom stereocenters. The highest BCUT2D eigenvalue weighted by molar-refractivity contribution is 5.93. The summed E-state index contributed by atoms with van der Waals surface area (Å²) in [6, 6.07) is 8.09. The van der Waals surface area contributed by atoms with E-state index in [1.165, 1.54) is 5.56 Å². The van der Waals surface area contributed by atoms with E-state index in [0.29, 0.717) is 5.92 Å². The molecule has 1 amide bonds. The van der Waals surface area contributed by atoms with Gasteiger partial charge in [-0.3, -0.25) is 4.79 Å². The largest absolute Gasteiger partial charge is 0.326 e. The van der Waals surface area contributed by atoms with Crippen molar-refractivity contribution in [3.8, 4) is 0 Å². The molecule has 0 radical (unpaired) electrons. The molecule has 3 heteroatoms. The van der Waals surface area contributed by atoms with Crippen LogP contribution in [0.5, 0.6) is 0 Å². The van der Waals surface area contributed by atoms with Gasteiger partial charge in [0.05, 0.1) is 5.92 Å². The minimum Gasteiger partial charge on any atom is -0.326 e. The molecule has 98 valence electrons. The topological polar surface area (TPSA) is 41.1 Å². The molecule has 2 atom stereocenters. The molecule has 0 aliphatic carbocycles. The van der Waals surface area contributed by atoms with Crippen LogP contribution in [0.15, 0.2) is 24.3 Å². The number of aryl methyl sites for hydroxylation is 1. The maximum absolute atomic E-state index is 12.2. The second-order valence-electron chi connectivity index (χ2n) is 5.14. The maximum Gasteiger partial charge on any atom is 0.229 e. The molecule has 1 saturated heterocycles. The zero-order valence-corrected chi connectivity index (χ0v) is 11.2. The number of amides is 1. The van der Waals surface area contributed by atoms with E-state index in [9.17, 15) is 4.79 Å². The van der Waals surface area contributed by atoms with Crippen molar-refractivity contribution in [2.45, 2.75) is 26.7 Å². The van der Waals surface area contributed by atoms with Crippen molar-refractivity contribution in [3.05, 3.63) is 29.8 Å². The lowest BCUT2D eigenvalue weighted by molar-refractivity contribution is -0.120. The van der Waals surface area contributed by atoms with E-state index >= 15 is 0 Å². The van der Waals surface area contributed by atoms with Crippen LogP contribution in [0.2, 0.25) is 0 Å². The number of carbonyl (C=O) groups excluding carboxylic acids is 1. The molecular weight excluding hydrogens is 224 g/mol. The molecule has 1 aliphatic heterocycles. The van der Waals surface area contributed by atoms with E-state index in [4.69, 9.17) is 0 Å². The fourth-order valence-electron chi connectivity index (χ4n) is 2.52. The average molecular weight is 246 g/mol. The molecule has 1 heterocycles. The number of hydrogen-bond acceptors (Lipinski definition) is 2. The van der Waals surface area contributed by atoms with Gasteiger partial charge in [0.25, 0.3) is 0 Å². The minimum atomic E-state index is 0.0969. The van der Waals surface area contributed by atoms with Crippen molar-refractivity contribution < 1.29 is 4.79 Å². The van der Waals surface area contributed by atoms with Crippen molar-refractivity contribution in [2.24, 2.45) is 11.8 Å². The van der Waals surface area contributed by atoms with Gasteiger partial charge in [0.1, 0.15) is 0 Å². The van der Waals surface area contributed by atoms with Gasteiger partial charge in [0.2, 0.25) is 5.91 Å². The first-order valence-electron chi connectivity index (χ1n) is 6.82. The van der Waals surface area contributed by atoms with E-state index in [-0.39, 0.29) is 11.8 Å². The van der Waals surface area contributed by atoms with Gasteiger partial charge in [-0.05, 0) is 30.5 Å². The summed E-state index contributed by atoms with van der Waals surface area (Å²) in [5, 5.41) is 6.36. The Balaban J connectivity index is 2.06. The third-order valence-corrected chi connectivity index (χ3v) is 3.65. The average Bonchev–Trinajstić information content (AvgIpc) is 2.78. The molecule has 2 N–H and O–H groups in total. The number of rotatable bonds is 4. The molecule has 0 spiro atoms. The highest BCUT2D eigenvalue weighted by Crippen LogP contribution is 2.21. The van der Waals surface area contributed by atoms with E-state index in [1.807, 2.05) is 18.2 Å². The van der Waals surface area contributed by atoms with Gasteiger partial charge in [0.15, 0.2) is 0 Å². The minimum absolute atomic E-state index is 0.0969. The number of nitrogens with one attached hydrogen (secondary N) is 2. The van der Waals surface area contributed by atoms with E-state index < -0.39 is 0 Å². The lowest BCUT2D eigenvalue weighted by Gasteiger charge is -2.16. The van der Waals surface area contributed by atoms with Gasteiger partial charge >= 0.3 is 0 Å². The Morgan fingerprint density at radius 2 is 2.17 bits per heavy atom. The fraction of sp³-hybridized carbons (Fsp3) is 0.533. The number of benzene rings is 1. The van der Waals surface area contributed by atoms with Crippen molar-refractivity contribution >= 4 is 11.6 Å². The van der Waals surface area contributed by atoms with E-state index in [1.54, 1.807) is 0 Å². The Hall–Kier alpha value is -1.35. The van der Waals surface area contributed by atoms with Crippen LogP contribution in [0, 0.1) is 11.8 Å². The van der Waals surface area contributed by atoms with Crippen molar-refractivity contribution in [1.29, 1.82) is 0 Å². The van der Waals surface area contributed by atoms with Crippen LogP contribution in [0.1, 0.15) is 25.8 Å². The summed E-state index contributed by atoms with van der Waals surface area (Å²) in [7, 11) is 0. The summed E-state index contributed by atoms with van der Waals surface area (Å²) < 4.78 is 0. The van der Waals surface area contributed by atoms with Crippen LogP contribution in [-0.2, 0) is 11.2 Å². The normalized spacial score (nSPS) is 23.0. The number of carbonyl (C=O) groups is 1. The van der Waals surface area contributed by atoms with Gasteiger partial charge in [-0.25, -0.2) is 0 Å². The number of hydrogen-bond donors (Lipinski definition) is 2. The van der Waals surface area contributed by atoms with Crippen LogP contribution < -0.4 is 10.6 Å². The Morgan fingerprint density at radius 3 is 2.83 bits per heavy atom. The summed E-state index contributed by atoms with van der Waals surface area (Å²) in [6.45, 7) is 6.02. The Morgan fingerprint density at radius 1 is 1.39 bits per heavy atom. The van der Waals surface area contributed by atoms with Crippen LogP contribution in [0.25, 0.3) is 0 Å². The zero-order chi connectivity index (χ0) is 13.0. The zero-order valence-electron chi connectivity index (χ0n) is 11.2. The van der Waals surface area contributed by atoms with Gasteiger partial charge < -0.3 is 10.6 Å². The van der Waals surface area contributed by atoms with E-state index in [2.05, 4.69) is 30.5 Å². The number of para-hydroxylation sites is 1. The van der Waals surface area contributed by atoms with Crippen LogP contribution in [0.3, 0.4) is 0 Å². The molecule has 0 saturated carbocycles. The van der Waals surface area contributed by atoms with Crippen LogP contribution in [0.4, 0.5) is 5.69 Å². The smallest absolute Gasteiger partial charge is 0.229 e. The molecule has 1 aromatic carbocycles. The highest BCUT2D eigenvalue weighted by atomic mass is 16.1. The fourth-order valence-corrected chi connectivity index (χ4v) is 2.52. The van der Waals surface area contributed by atoms with Crippen molar-refractivity contribution in [3.63, 3.8) is 0 Å². The molecule has 1 fully saturated rings.